The summed E-state index contributed by atoms with van der Waals surface area (Å²) in [5.74, 6) is 6.54. The Bertz CT molecular complexity index is 141. The van der Waals surface area contributed by atoms with Crippen LogP contribution in [-0.2, 0) is 0 Å². The normalized spacial score (nSPS) is 14.9. The van der Waals surface area contributed by atoms with Gasteiger partial charge in [-0.2, -0.15) is 0 Å². The van der Waals surface area contributed by atoms with Crippen LogP contribution in [0.5, 0.6) is 0 Å². The van der Waals surface area contributed by atoms with Crippen molar-refractivity contribution in [3.05, 3.63) is 0 Å². The van der Waals surface area contributed by atoms with E-state index in [1.807, 2.05) is 6.92 Å². The van der Waals surface area contributed by atoms with E-state index in [4.69, 9.17) is 5.73 Å². The molecule has 0 aliphatic rings. The molecule has 0 saturated carbocycles. The molecule has 0 fully saturated rings. The number of hydrogen-bond donors (Lipinski definition) is 1. The summed E-state index contributed by atoms with van der Waals surface area (Å²) in [5, 5.41) is 0. The molecule has 2 N–H and O–H groups in total. The monoisotopic (exact) mass is 153 g/mol. The first-order chi connectivity index (χ1) is 5.22. The Morgan fingerprint density at radius 3 is 2.55 bits per heavy atom. The van der Waals surface area contributed by atoms with Crippen molar-refractivity contribution in [3.8, 4) is 11.8 Å². The topological polar surface area (TPSA) is 26.0 Å². The predicted molar refractivity (Wildman–Crippen MR) is 50.1 cm³/mol. The molecule has 2 atom stereocenters. The van der Waals surface area contributed by atoms with Gasteiger partial charge in [0.1, 0.15) is 0 Å². The van der Waals surface area contributed by atoms with Crippen LogP contribution in [-0.4, -0.2) is 6.04 Å². The Kier molecular flexibility index (Phi) is 5.97. The molecule has 0 radical (unpaired) electrons. The predicted octanol–water partition coefficient (Wildman–Crippen LogP) is 2.16. The van der Waals surface area contributed by atoms with E-state index in [1.54, 1.807) is 0 Å². The molecule has 0 aromatic carbocycles. The zero-order valence-corrected chi connectivity index (χ0v) is 7.85. The van der Waals surface area contributed by atoms with Crippen molar-refractivity contribution < 1.29 is 0 Å². The van der Waals surface area contributed by atoms with E-state index < -0.39 is 0 Å². The lowest BCUT2D eigenvalue weighted by molar-refractivity contribution is 0.424. The highest BCUT2D eigenvalue weighted by molar-refractivity contribution is 4.95. The minimum atomic E-state index is 0.334. The minimum absolute atomic E-state index is 0.334. The van der Waals surface area contributed by atoms with Crippen LogP contribution in [0.4, 0.5) is 0 Å². The highest BCUT2D eigenvalue weighted by atomic mass is 14.6. The molecule has 0 rings (SSSR count). The van der Waals surface area contributed by atoms with Crippen molar-refractivity contribution >= 4 is 0 Å². The van der Waals surface area contributed by atoms with Gasteiger partial charge in [0, 0.05) is 12.5 Å². The number of hydrogen-bond acceptors (Lipinski definition) is 1. The Balaban J connectivity index is 3.48. The van der Waals surface area contributed by atoms with Crippen molar-refractivity contribution in [1.82, 2.24) is 0 Å². The Morgan fingerprint density at radius 2 is 2.09 bits per heavy atom. The third-order valence-corrected chi connectivity index (χ3v) is 2.15. The Morgan fingerprint density at radius 1 is 1.45 bits per heavy atom. The molecule has 0 aromatic heterocycles. The average Bonchev–Trinajstić information content (AvgIpc) is 2.03. The summed E-state index contributed by atoms with van der Waals surface area (Å²) >= 11 is 0. The quantitative estimate of drug-likeness (QED) is 0.615. The van der Waals surface area contributed by atoms with Gasteiger partial charge in [-0.25, -0.2) is 0 Å². The summed E-state index contributed by atoms with van der Waals surface area (Å²) < 4.78 is 0. The van der Waals surface area contributed by atoms with Gasteiger partial charge in [-0.05, 0) is 19.3 Å². The number of rotatable bonds is 4. The first-order valence-electron chi connectivity index (χ1n) is 4.37. The van der Waals surface area contributed by atoms with E-state index in [2.05, 4.69) is 25.7 Å². The van der Waals surface area contributed by atoms with Gasteiger partial charge in [0.25, 0.3) is 0 Å². The highest BCUT2D eigenvalue weighted by Crippen LogP contribution is 2.09. The van der Waals surface area contributed by atoms with Gasteiger partial charge in [-0.1, -0.05) is 20.3 Å². The summed E-state index contributed by atoms with van der Waals surface area (Å²) in [6.45, 7) is 6.24. The van der Waals surface area contributed by atoms with Gasteiger partial charge in [-0.3, -0.25) is 0 Å². The largest absolute Gasteiger partial charge is 0.327 e. The van der Waals surface area contributed by atoms with Crippen LogP contribution in [0, 0.1) is 17.8 Å². The maximum Gasteiger partial charge on any atom is 0.0103 e. The zero-order valence-electron chi connectivity index (χ0n) is 7.85. The van der Waals surface area contributed by atoms with Crippen molar-refractivity contribution in [2.24, 2.45) is 11.7 Å². The smallest absolute Gasteiger partial charge is 0.0103 e. The van der Waals surface area contributed by atoms with E-state index in [0.717, 1.165) is 12.8 Å². The maximum absolute atomic E-state index is 5.90. The van der Waals surface area contributed by atoms with Crippen molar-refractivity contribution in [1.29, 1.82) is 0 Å². The summed E-state index contributed by atoms with van der Waals surface area (Å²) in [4.78, 5) is 0. The number of nitrogens with two attached hydrogens (primary N) is 1. The molecule has 0 aliphatic carbocycles. The fourth-order valence-electron chi connectivity index (χ4n) is 0.951. The molecule has 11 heavy (non-hydrogen) atoms. The van der Waals surface area contributed by atoms with Gasteiger partial charge in [0.15, 0.2) is 0 Å². The van der Waals surface area contributed by atoms with Crippen molar-refractivity contribution in [3.63, 3.8) is 0 Å². The Labute approximate surface area is 70.4 Å². The molecule has 0 saturated heterocycles. The molecular weight excluding hydrogens is 134 g/mol. The first kappa shape index (κ1) is 10.5. The molecule has 0 bridgehead atoms. The van der Waals surface area contributed by atoms with Crippen LogP contribution in [0.25, 0.3) is 0 Å². The molecule has 2 unspecified atom stereocenters. The molecule has 0 aromatic rings. The summed E-state index contributed by atoms with van der Waals surface area (Å²) in [6, 6.07) is 0.334. The lowest BCUT2D eigenvalue weighted by atomic mass is 9.96. The fourth-order valence-corrected chi connectivity index (χ4v) is 0.951. The second-order valence-electron chi connectivity index (χ2n) is 3.01. The van der Waals surface area contributed by atoms with E-state index in [0.29, 0.717) is 12.0 Å². The summed E-state index contributed by atoms with van der Waals surface area (Å²) in [5.41, 5.74) is 5.90. The van der Waals surface area contributed by atoms with E-state index >= 15 is 0 Å². The van der Waals surface area contributed by atoms with Gasteiger partial charge < -0.3 is 5.73 Å². The van der Waals surface area contributed by atoms with Crippen LogP contribution in [0.15, 0.2) is 0 Å². The molecule has 1 heteroatoms. The summed E-state index contributed by atoms with van der Waals surface area (Å²) in [6.07, 6.45) is 3.15. The van der Waals surface area contributed by atoms with Crippen LogP contribution >= 0.6 is 0 Å². The molecule has 1 nitrogen and oxygen atoms in total. The molecule has 0 heterocycles. The lowest BCUT2D eigenvalue weighted by Gasteiger charge is -2.16. The van der Waals surface area contributed by atoms with Crippen molar-refractivity contribution in [2.45, 2.75) is 46.1 Å². The standard InChI is InChI=1S/C10H19N/c1-4-6-7-8-10(11)9(3)5-2/h9-10H,5,7-8,11H2,1-3H3. The zero-order chi connectivity index (χ0) is 8.69. The average molecular weight is 153 g/mol. The molecule has 0 amide bonds. The molecule has 0 aliphatic heterocycles. The van der Waals surface area contributed by atoms with E-state index in [9.17, 15) is 0 Å². The van der Waals surface area contributed by atoms with Crippen LogP contribution in [0.3, 0.4) is 0 Å². The van der Waals surface area contributed by atoms with Gasteiger partial charge in [-0.15, -0.1) is 11.8 Å². The van der Waals surface area contributed by atoms with Gasteiger partial charge in [0.05, 0.1) is 0 Å². The van der Waals surface area contributed by atoms with E-state index in [1.165, 1.54) is 6.42 Å². The van der Waals surface area contributed by atoms with Crippen LogP contribution < -0.4 is 5.73 Å². The fraction of sp³-hybridized carbons (Fsp3) is 0.800. The third kappa shape index (κ3) is 4.86. The SMILES string of the molecule is CC#CCCC(N)C(C)CC. The lowest BCUT2D eigenvalue weighted by Crippen LogP contribution is -2.27. The molecular formula is C10H19N. The molecule has 0 spiro atoms. The second-order valence-corrected chi connectivity index (χ2v) is 3.01. The third-order valence-electron chi connectivity index (χ3n) is 2.15. The van der Waals surface area contributed by atoms with Crippen molar-refractivity contribution in [2.75, 3.05) is 0 Å². The maximum atomic E-state index is 5.90. The summed E-state index contributed by atoms with van der Waals surface area (Å²) in [7, 11) is 0. The van der Waals surface area contributed by atoms with Gasteiger partial charge >= 0.3 is 0 Å². The first-order valence-corrected chi connectivity index (χ1v) is 4.37. The molecule has 64 valence electrons. The van der Waals surface area contributed by atoms with Crippen LogP contribution in [0.1, 0.15) is 40.0 Å². The van der Waals surface area contributed by atoms with Gasteiger partial charge in [0.2, 0.25) is 0 Å². The van der Waals surface area contributed by atoms with E-state index in [-0.39, 0.29) is 0 Å². The minimum Gasteiger partial charge on any atom is -0.327 e. The second kappa shape index (κ2) is 6.24. The highest BCUT2D eigenvalue weighted by Gasteiger charge is 2.08. The Hall–Kier alpha value is -0.480. The van der Waals surface area contributed by atoms with Crippen LogP contribution in [0.2, 0.25) is 0 Å².